The van der Waals surface area contributed by atoms with E-state index in [9.17, 15) is 0 Å². The summed E-state index contributed by atoms with van der Waals surface area (Å²) in [5.41, 5.74) is 0. The summed E-state index contributed by atoms with van der Waals surface area (Å²) in [7, 11) is 25.0. The molecule has 0 unspecified atom stereocenters. The van der Waals surface area contributed by atoms with Crippen molar-refractivity contribution >= 4 is 110 Å². The zero-order chi connectivity index (χ0) is 24.4. The Balaban J connectivity index is 0. The van der Waals surface area contributed by atoms with Crippen molar-refractivity contribution in [2.24, 2.45) is 0 Å². The third-order valence-electron chi connectivity index (χ3n) is 2.48. The zero-order valence-corrected chi connectivity index (χ0v) is 28.0. The number of rotatable bonds is 0. The van der Waals surface area contributed by atoms with Gasteiger partial charge in [0, 0.05) is 13.4 Å². The van der Waals surface area contributed by atoms with Crippen LogP contribution in [0.15, 0.2) is 86.2 Å². The predicted octanol–water partition coefficient (Wildman–Crippen LogP) is 10.6. The van der Waals surface area contributed by atoms with E-state index >= 15 is 0 Å². The predicted molar refractivity (Wildman–Crippen MR) is 154 cm³/mol. The second-order valence-corrected chi connectivity index (χ2v) is 65.0. The van der Waals surface area contributed by atoms with Crippen LogP contribution in [-0.4, -0.2) is 24.5 Å². The van der Waals surface area contributed by atoms with E-state index in [0.29, 0.717) is 17.2 Å². The molecule has 3 aromatic rings. The van der Waals surface area contributed by atoms with E-state index < -0.39 is 9.14 Å². The van der Waals surface area contributed by atoms with Crippen LogP contribution < -0.4 is 6.15 Å². The Morgan fingerprint density at radius 2 is 0.562 bits per heavy atom. The first-order valence-electron chi connectivity index (χ1n) is 7.72. The fourth-order valence-electron chi connectivity index (χ4n) is 1.32. The molecule has 3 aromatic carbocycles. The summed E-state index contributed by atoms with van der Waals surface area (Å²) in [4.78, 5) is 0. The molecule has 0 bridgehead atoms. The van der Waals surface area contributed by atoms with Crippen LogP contribution in [0.4, 0.5) is 0 Å². The molecule has 14 heteroatoms. The largest absolute Gasteiger partial charge is 0.369 e. The molecule has 182 valence electrons. The second kappa shape index (κ2) is 14.5. The van der Waals surface area contributed by atoms with Gasteiger partial charge in [-0.2, -0.15) is 0 Å². The minimum atomic E-state index is -5.42. The number of benzene rings is 3. The van der Waals surface area contributed by atoms with Crippen molar-refractivity contribution in [1.29, 1.82) is 0 Å². The van der Waals surface area contributed by atoms with E-state index in [1.165, 1.54) is 0 Å². The summed E-state index contributed by atoms with van der Waals surface area (Å²) in [6.45, 7) is 0. The van der Waals surface area contributed by atoms with Gasteiger partial charge < -0.3 is 21.5 Å². The molecule has 0 atom stereocenters. The molecule has 0 saturated heterocycles. The van der Waals surface area contributed by atoms with E-state index in [4.69, 9.17) is 68.3 Å². The number of halogens is 9. The van der Waals surface area contributed by atoms with Crippen LogP contribution in [0.25, 0.3) is 0 Å². The fourth-order valence-corrected chi connectivity index (χ4v) is 2.12. The van der Waals surface area contributed by atoms with Crippen molar-refractivity contribution in [3.8, 4) is 17.2 Å². The van der Waals surface area contributed by atoms with Gasteiger partial charge in [-0.1, -0.05) is 47.8 Å². The monoisotopic (exact) mass is 865 g/mol. The van der Waals surface area contributed by atoms with E-state index in [2.05, 4.69) is 47.8 Å². The van der Waals surface area contributed by atoms with Gasteiger partial charge in [0.15, 0.2) is 0 Å². The van der Waals surface area contributed by atoms with Crippen molar-refractivity contribution in [2.75, 3.05) is 0 Å². The normalized spacial score (nSPS) is 11.9. The van der Waals surface area contributed by atoms with E-state index in [1.807, 2.05) is 0 Å². The van der Waals surface area contributed by atoms with Gasteiger partial charge in [0.2, 0.25) is 0 Å². The van der Waals surface area contributed by atoms with Gasteiger partial charge in [0.25, 0.3) is 0 Å². The molecule has 0 aliphatic rings. The van der Waals surface area contributed by atoms with Gasteiger partial charge in [0.05, 0.1) is 0 Å². The molecule has 0 amide bonds. The Morgan fingerprint density at radius 1 is 0.438 bits per heavy atom. The van der Waals surface area contributed by atoms with Crippen LogP contribution in [0, 0.1) is 0 Å². The minimum absolute atomic E-state index is 0. The molecule has 0 aliphatic heterocycles. The van der Waals surface area contributed by atoms with Crippen molar-refractivity contribution < 1.29 is 15.3 Å². The first-order chi connectivity index (χ1) is 13.8. The SMILES string of the molecule is Oc1ccc(Br)cc1.Oc1ccc(Br)cc1.Oc1ccc(Br)cc1.[Cl][Sb-]([Cl])([Cl])([Cl])([Cl])[Cl].[NH4+]. The number of quaternary nitrogens is 1. The first kappa shape index (κ1) is 35.2. The Hall–Kier alpha value is 1.02. The van der Waals surface area contributed by atoms with Gasteiger partial charge in [-0.15, -0.1) is 0 Å². The molecule has 0 radical (unpaired) electrons. The van der Waals surface area contributed by atoms with Crippen molar-refractivity contribution in [2.45, 2.75) is 0 Å². The fraction of sp³-hybridized carbons (Fsp3) is 0. The van der Waals surface area contributed by atoms with Crippen LogP contribution in [0.1, 0.15) is 0 Å². The molecular formula is C18H19Br3Cl6NO3Sb. The standard InChI is InChI=1S/3C6H5BrO.6ClH.H3N.Sb/c3*7-5-1-3-6(8)4-2-5;;;;;;;;/h3*1-4,8H;6*1H;1H3;/q;;;;;;;;;;+5/p-5. The molecule has 0 heterocycles. The average Bonchev–Trinajstić information content (AvgIpc) is 2.61. The second-order valence-electron chi connectivity index (χ2n) is 5.39. The number of phenols is 3. The van der Waals surface area contributed by atoms with Crippen molar-refractivity contribution in [3.05, 3.63) is 86.2 Å². The number of hydrogen-bond acceptors (Lipinski definition) is 3. The van der Waals surface area contributed by atoms with E-state index in [0.717, 1.165) is 13.4 Å². The molecule has 7 N–H and O–H groups in total. The maximum atomic E-state index is 8.74. The number of hydrogen-bond donors (Lipinski definition) is 4. The molecule has 0 fully saturated rings. The summed E-state index contributed by atoms with van der Waals surface area (Å²) in [5, 5.41) is 26.2. The van der Waals surface area contributed by atoms with Gasteiger partial charge in [-0.05, 0) is 72.8 Å². The smallest absolute Gasteiger partial charge is 0.369 e. The van der Waals surface area contributed by atoms with Crippen LogP contribution in [-0.2, 0) is 0 Å². The third kappa shape index (κ3) is 29.1. The summed E-state index contributed by atoms with van der Waals surface area (Å²) in [6.07, 6.45) is 0. The van der Waals surface area contributed by atoms with Gasteiger partial charge in [-0.3, -0.25) is 0 Å². The van der Waals surface area contributed by atoms with Gasteiger partial charge in [-0.25, -0.2) is 0 Å². The molecular weight excluding hydrogens is 852 g/mol. The summed E-state index contributed by atoms with van der Waals surface area (Å²) >= 11 is 9.70. The third-order valence-corrected chi connectivity index (χ3v) is 4.07. The van der Waals surface area contributed by atoms with Gasteiger partial charge in [0.1, 0.15) is 17.2 Å². The maximum absolute atomic E-state index is 8.74. The Bertz CT molecular complexity index is 750. The minimum Gasteiger partial charge on any atom is -0.369 e. The first-order valence-corrected chi connectivity index (χ1v) is 29.5. The summed E-state index contributed by atoms with van der Waals surface area (Å²) in [5.74, 6) is 0.898. The van der Waals surface area contributed by atoms with Crippen molar-refractivity contribution in [3.63, 3.8) is 0 Å². The molecule has 0 spiro atoms. The zero-order valence-electron chi connectivity index (χ0n) is 16.1. The molecule has 32 heavy (non-hydrogen) atoms. The Kier molecular flexibility index (Phi) is 16.0. The van der Waals surface area contributed by atoms with Crippen molar-refractivity contribution in [1.82, 2.24) is 6.15 Å². The van der Waals surface area contributed by atoms with E-state index in [-0.39, 0.29) is 6.15 Å². The quantitative estimate of drug-likeness (QED) is 0.169. The van der Waals surface area contributed by atoms with Crippen LogP contribution in [0.2, 0.25) is 0 Å². The Labute approximate surface area is 231 Å². The van der Waals surface area contributed by atoms with E-state index in [1.54, 1.807) is 72.8 Å². The number of aromatic hydroxyl groups is 3. The van der Waals surface area contributed by atoms with Crippen LogP contribution >= 0.6 is 101 Å². The molecule has 3 rings (SSSR count). The van der Waals surface area contributed by atoms with Gasteiger partial charge >= 0.3 is 62.1 Å². The summed E-state index contributed by atoms with van der Waals surface area (Å²) in [6, 6.07) is 20.5. The average molecular weight is 872 g/mol. The van der Waals surface area contributed by atoms with Crippen LogP contribution in [0.3, 0.4) is 0 Å². The topological polar surface area (TPSA) is 97.2 Å². The number of phenolic OH excluding ortho intramolecular Hbond substituents is 3. The summed E-state index contributed by atoms with van der Waals surface area (Å²) < 4.78 is 2.95. The molecule has 0 aliphatic carbocycles. The Morgan fingerprint density at radius 3 is 0.656 bits per heavy atom. The molecule has 0 saturated carbocycles. The molecule has 4 nitrogen and oxygen atoms in total. The molecule has 0 aromatic heterocycles. The van der Waals surface area contributed by atoms with Crippen LogP contribution in [0.5, 0.6) is 17.2 Å². The maximum Gasteiger partial charge on any atom is -0.369 e.